The second-order valence-corrected chi connectivity index (χ2v) is 5.39. The Morgan fingerprint density at radius 1 is 1.00 bits per heavy atom. The number of carbonyl (C=O) groups is 1. The lowest BCUT2D eigenvalue weighted by Crippen LogP contribution is -2.46. The smallest absolute Gasteiger partial charge is 0.209 e. The number of aliphatic hydroxyl groups excluding tert-OH is 1. The summed E-state index contributed by atoms with van der Waals surface area (Å²) in [4.78, 5) is 19.1. The van der Waals surface area contributed by atoms with E-state index in [-0.39, 0.29) is 0 Å². The van der Waals surface area contributed by atoms with E-state index in [0.29, 0.717) is 0 Å². The van der Waals surface area contributed by atoms with Crippen LogP contribution in [0.15, 0.2) is 48.7 Å². The highest BCUT2D eigenvalue weighted by Crippen LogP contribution is 2.23. The lowest BCUT2D eigenvalue weighted by atomic mass is 10.0. The Morgan fingerprint density at radius 2 is 1.73 bits per heavy atom. The van der Waals surface area contributed by atoms with Gasteiger partial charge in [0.05, 0.1) is 0 Å². The van der Waals surface area contributed by atoms with Crippen molar-refractivity contribution in [2.75, 3.05) is 31.1 Å². The second kappa shape index (κ2) is 6.58. The fourth-order valence-electron chi connectivity index (χ4n) is 2.63. The van der Waals surface area contributed by atoms with E-state index in [9.17, 15) is 9.90 Å². The molecule has 0 aliphatic carbocycles. The number of nitrogens with zero attached hydrogens (tertiary/aromatic N) is 3. The minimum atomic E-state index is -0.658. The third kappa shape index (κ3) is 3.09. The van der Waals surface area contributed by atoms with Gasteiger partial charge in [-0.3, -0.25) is 4.79 Å². The van der Waals surface area contributed by atoms with E-state index < -0.39 is 6.10 Å². The third-order valence-corrected chi connectivity index (χ3v) is 3.99. The first kappa shape index (κ1) is 14.5. The van der Waals surface area contributed by atoms with E-state index in [1.807, 2.05) is 42.5 Å². The Labute approximate surface area is 129 Å². The molecule has 0 spiro atoms. The molecule has 1 fully saturated rings. The van der Waals surface area contributed by atoms with Crippen LogP contribution in [0.5, 0.6) is 0 Å². The van der Waals surface area contributed by atoms with Crippen molar-refractivity contribution >= 4 is 12.2 Å². The first-order chi connectivity index (χ1) is 10.8. The Morgan fingerprint density at radius 3 is 2.32 bits per heavy atom. The second-order valence-electron chi connectivity index (χ2n) is 5.39. The van der Waals surface area contributed by atoms with Gasteiger partial charge in [-0.05, 0) is 11.6 Å². The molecule has 1 N–H and O–H groups in total. The van der Waals surface area contributed by atoms with Crippen molar-refractivity contribution in [1.82, 2.24) is 9.88 Å². The molecule has 1 saturated heterocycles. The topological polar surface area (TPSA) is 56.7 Å². The van der Waals surface area contributed by atoms with E-state index in [1.165, 1.54) is 0 Å². The fourth-order valence-corrected chi connectivity index (χ4v) is 2.63. The van der Waals surface area contributed by atoms with Crippen LogP contribution in [0.3, 0.4) is 0 Å². The van der Waals surface area contributed by atoms with Crippen molar-refractivity contribution in [2.24, 2.45) is 0 Å². The minimum Gasteiger partial charge on any atom is -0.384 e. The molecule has 5 heteroatoms. The maximum atomic E-state index is 10.7. The molecule has 0 radical (unpaired) electrons. The molecular weight excluding hydrogens is 278 g/mol. The number of rotatable bonds is 4. The summed E-state index contributed by atoms with van der Waals surface area (Å²) >= 11 is 0. The highest BCUT2D eigenvalue weighted by Gasteiger charge is 2.17. The zero-order valence-electron chi connectivity index (χ0n) is 12.3. The van der Waals surface area contributed by atoms with Gasteiger partial charge in [-0.15, -0.1) is 0 Å². The summed E-state index contributed by atoms with van der Waals surface area (Å²) in [6.07, 6.45) is 1.96. The van der Waals surface area contributed by atoms with Crippen molar-refractivity contribution in [3.05, 3.63) is 59.8 Å². The first-order valence-electron chi connectivity index (χ1n) is 7.41. The highest BCUT2D eigenvalue weighted by molar-refractivity contribution is 5.49. The average Bonchev–Trinajstić information content (AvgIpc) is 2.62. The Kier molecular flexibility index (Phi) is 4.34. The van der Waals surface area contributed by atoms with Gasteiger partial charge in [0.1, 0.15) is 11.9 Å². The van der Waals surface area contributed by atoms with Gasteiger partial charge in [0.2, 0.25) is 6.41 Å². The molecule has 1 aromatic heterocycles. The van der Waals surface area contributed by atoms with Crippen LogP contribution in [-0.4, -0.2) is 47.6 Å². The lowest BCUT2D eigenvalue weighted by Gasteiger charge is -2.33. The van der Waals surface area contributed by atoms with E-state index in [2.05, 4.69) is 9.88 Å². The van der Waals surface area contributed by atoms with Crippen LogP contribution in [0, 0.1) is 0 Å². The Balaban J connectivity index is 1.69. The Hall–Kier alpha value is -2.40. The SMILES string of the molecule is O=CN1CCN(c2ccc([C@@H](O)c3ccccc3)cn2)CC1. The van der Waals surface area contributed by atoms with Crippen LogP contribution in [0.1, 0.15) is 17.2 Å². The van der Waals surface area contributed by atoms with Gasteiger partial charge in [-0.2, -0.15) is 0 Å². The highest BCUT2D eigenvalue weighted by atomic mass is 16.3. The number of aliphatic hydroxyl groups is 1. The molecule has 114 valence electrons. The first-order valence-corrected chi connectivity index (χ1v) is 7.41. The maximum Gasteiger partial charge on any atom is 0.209 e. The van der Waals surface area contributed by atoms with Crippen molar-refractivity contribution in [3.8, 4) is 0 Å². The van der Waals surface area contributed by atoms with Crippen molar-refractivity contribution in [2.45, 2.75) is 6.10 Å². The summed E-state index contributed by atoms with van der Waals surface area (Å²) in [7, 11) is 0. The van der Waals surface area contributed by atoms with Gasteiger partial charge < -0.3 is 14.9 Å². The van der Waals surface area contributed by atoms with Gasteiger partial charge in [-0.25, -0.2) is 4.98 Å². The lowest BCUT2D eigenvalue weighted by molar-refractivity contribution is -0.118. The minimum absolute atomic E-state index is 0.658. The molecule has 1 aliphatic heterocycles. The summed E-state index contributed by atoms with van der Waals surface area (Å²) < 4.78 is 0. The molecule has 22 heavy (non-hydrogen) atoms. The molecule has 2 heterocycles. The molecule has 3 rings (SSSR count). The van der Waals surface area contributed by atoms with Crippen LogP contribution >= 0.6 is 0 Å². The predicted molar refractivity (Wildman–Crippen MR) is 84.6 cm³/mol. The molecule has 0 unspecified atom stereocenters. The molecule has 2 aromatic rings. The number of hydrogen-bond donors (Lipinski definition) is 1. The molecule has 1 aliphatic rings. The zero-order valence-corrected chi connectivity index (χ0v) is 12.3. The van der Waals surface area contributed by atoms with E-state index in [1.54, 1.807) is 11.1 Å². The number of piperazine rings is 1. The molecule has 0 bridgehead atoms. The number of aromatic nitrogens is 1. The van der Waals surface area contributed by atoms with Crippen LogP contribution in [0.2, 0.25) is 0 Å². The quantitative estimate of drug-likeness (QED) is 0.868. The molecule has 5 nitrogen and oxygen atoms in total. The van der Waals surface area contributed by atoms with Crippen LogP contribution in [-0.2, 0) is 4.79 Å². The predicted octanol–water partition coefficient (Wildman–Crippen LogP) is 1.44. The molecule has 1 atom stereocenters. The summed E-state index contributed by atoms with van der Waals surface area (Å²) in [5.41, 5.74) is 1.64. The van der Waals surface area contributed by atoms with Crippen molar-refractivity contribution in [1.29, 1.82) is 0 Å². The van der Waals surface area contributed by atoms with Crippen LogP contribution in [0.25, 0.3) is 0 Å². The van der Waals surface area contributed by atoms with Crippen molar-refractivity contribution < 1.29 is 9.90 Å². The monoisotopic (exact) mass is 297 g/mol. The van der Waals surface area contributed by atoms with Crippen LogP contribution < -0.4 is 4.90 Å². The van der Waals surface area contributed by atoms with E-state index >= 15 is 0 Å². The normalized spacial score (nSPS) is 16.4. The summed E-state index contributed by atoms with van der Waals surface area (Å²) in [5, 5.41) is 10.4. The summed E-state index contributed by atoms with van der Waals surface area (Å²) in [5.74, 6) is 0.884. The maximum absolute atomic E-state index is 10.7. The number of carbonyl (C=O) groups excluding carboxylic acids is 1. The molecule has 1 amide bonds. The Bertz CT molecular complexity index is 608. The molecule has 0 saturated carbocycles. The average molecular weight is 297 g/mol. The molecule has 1 aromatic carbocycles. The van der Waals surface area contributed by atoms with Gasteiger partial charge >= 0.3 is 0 Å². The van der Waals surface area contributed by atoms with Crippen LogP contribution in [0.4, 0.5) is 5.82 Å². The number of amides is 1. The summed E-state index contributed by atoms with van der Waals surface area (Å²) in [6.45, 7) is 3.01. The van der Waals surface area contributed by atoms with E-state index in [0.717, 1.165) is 49.5 Å². The fraction of sp³-hybridized carbons (Fsp3) is 0.294. The number of anilines is 1. The third-order valence-electron chi connectivity index (χ3n) is 3.99. The van der Waals surface area contributed by atoms with Gasteiger partial charge in [-0.1, -0.05) is 36.4 Å². The number of hydrogen-bond acceptors (Lipinski definition) is 4. The van der Waals surface area contributed by atoms with Gasteiger partial charge in [0, 0.05) is 37.9 Å². The zero-order chi connectivity index (χ0) is 15.4. The standard InChI is InChI=1S/C17H19N3O2/c21-13-19-8-10-20(11-9-19)16-7-6-15(12-18-16)17(22)14-4-2-1-3-5-14/h1-7,12-13,17,22H,8-11H2/t17-/m0/s1. The van der Waals surface area contributed by atoms with Crippen molar-refractivity contribution in [3.63, 3.8) is 0 Å². The largest absolute Gasteiger partial charge is 0.384 e. The van der Waals surface area contributed by atoms with E-state index in [4.69, 9.17) is 0 Å². The van der Waals surface area contributed by atoms with Gasteiger partial charge in [0.25, 0.3) is 0 Å². The van der Waals surface area contributed by atoms with Gasteiger partial charge in [0.15, 0.2) is 0 Å². The molecular formula is C17H19N3O2. The summed E-state index contributed by atoms with van der Waals surface area (Å²) in [6, 6.07) is 13.4. The number of pyridine rings is 1. The number of benzene rings is 1.